The van der Waals surface area contributed by atoms with Crippen LogP contribution in [0.1, 0.15) is 21.5 Å². The van der Waals surface area contributed by atoms with Gasteiger partial charge in [0.2, 0.25) is 0 Å². The minimum Gasteiger partial charge on any atom is -0.388 e. The van der Waals surface area contributed by atoms with E-state index in [0.29, 0.717) is 5.56 Å². The standard InChI is InChI=1S/C16H17BrN2O/c1-10-4-6-15(13(17)8-10)19-16(20)12-5-7-14(18-3)11(2)9-12/h4-9,18H,1-3H3,(H,19,20). The third-order valence-corrected chi connectivity index (χ3v) is 3.79. The summed E-state index contributed by atoms with van der Waals surface area (Å²) in [5, 5.41) is 6.00. The number of amides is 1. The molecule has 0 aliphatic rings. The maximum atomic E-state index is 12.3. The Bertz CT molecular complexity index is 653. The monoisotopic (exact) mass is 332 g/mol. The van der Waals surface area contributed by atoms with Crippen molar-refractivity contribution in [2.45, 2.75) is 13.8 Å². The Morgan fingerprint density at radius 1 is 1.05 bits per heavy atom. The first-order valence-corrected chi connectivity index (χ1v) is 7.16. The van der Waals surface area contributed by atoms with Crippen LogP contribution in [0, 0.1) is 13.8 Å². The number of carbonyl (C=O) groups excluding carboxylic acids is 1. The molecule has 0 unspecified atom stereocenters. The second-order valence-electron chi connectivity index (χ2n) is 4.72. The summed E-state index contributed by atoms with van der Waals surface area (Å²) < 4.78 is 0.884. The van der Waals surface area contributed by atoms with Crippen molar-refractivity contribution in [3.05, 3.63) is 57.6 Å². The van der Waals surface area contributed by atoms with E-state index in [1.165, 1.54) is 0 Å². The molecule has 0 spiro atoms. The molecule has 0 atom stereocenters. The summed E-state index contributed by atoms with van der Waals surface area (Å²) in [5.41, 5.74) is 4.63. The summed E-state index contributed by atoms with van der Waals surface area (Å²) in [6.07, 6.45) is 0. The van der Waals surface area contributed by atoms with E-state index in [1.807, 2.05) is 57.3 Å². The first-order chi connectivity index (χ1) is 9.51. The minimum absolute atomic E-state index is 0.111. The van der Waals surface area contributed by atoms with E-state index >= 15 is 0 Å². The lowest BCUT2D eigenvalue weighted by Gasteiger charge is -2.10. The molecular formula is C16H17BrN2O. The normalized spacial score (nSPS) is 10.2. The molecule has 3 nitrogen and oxygen atoms in total. The Kier molecular flexibility index (Phi) is 4.45. The summed E-state index contributed by atoms with van der Waals surface area (Å²) >= 11 is 3.46. The van der Waals surface area contributed by atoms with Crippen LogP contribution in [0.5, 0.6) is 0 Å². The third-order valence-electron chi connectivity index (χ3n) is 3.13. The summed E-state index contributed by atoms with van der Waals surface area (Å²) in [5.74, 6) is -0.111. The smallest absolute Gasteiger partial charge is 0.255 e. The van der Waals surface area contributed by atoms with Crippen LogP contribution in [0.15, 0.2) is 40.9 Å². The number of hydrogen-bond donors (Lipinski definition) is 2. The largest absolute Gasteiger partial charge is 0.388 e. The van der Waals surface area contributed by atoms with Crippen LogP contribution in [0.4, 0.5) is 11.4 Å². The summed E-state index contributed by atoms with van der Waals surface area (Å²) in [7, 11) is 1.87. The number of aryl methyl sites for hydroxylation is 2. The average molecular weight is 333 g/mol. The van der Waals surface area contributed by atoms with Gasteiger partial charge in [-0.25, -0.2) is 0 Å². The van der Waals surface area contributed by atoms with E-state index in [-0.39, 0.29) is 5.91 Å². The highest BCUT2D eigenvalue weighted by molar-refractivity contribution is 9.10. The Morgan fingerprint density at radius 3 is 2.35 bits per heavy atom. The zero-order chi connectivity index (χ0) is 14.7. The van der Waals surface area contributed by atoms with E-state index in [4.69, 9.17) is 0 Å². The van der Waals surface area contributed by atoms with Gasteiger partial charge in [-0.1, -0.05) is 6.07 Å². The molecule has 2 aromatic rings. The van der Waals surface area contributed by atoms with Crippen LogP contribution in [0.2, 0.25) is 0 Å². The van der Waals surface area contributed by atoms with Crippen molar-refractivity contribution in [3.63, 3.8) is 0 Å². The van der Waals surface area contributed by atoms with Gasteiger partial charge in [-0.2, -0.15) is 0 Å². The fraction of sp³-hybridized carbons (Fsp3) is 0.188. The molecule has 104 valence electrons. The Labute approximate surface area is 127 Å². The topological polar surface area (TPSA) is 41.1 Å². The van der Waals surface area contributed by atoms with Gasteiger partial charge in [-0.3, -0.25) is 4.79 Å². The van der Waals surface area contributed by atoms with Crippen LogP contribution in [0.25, 0.3) is 0 Å². The van der Waals surface area contributed by atoms with Crippen LogP contribution in [-0.4, -0.2) is 13.0 Å². The fourth-order valence-corrected chi connectivity index (χ4v) is 2.59. The Balaban J connectivity index is 2.21. The first-order valence-electron chi connectivity index (χ1n) is 6.37. The number of anilines is 2. The van der Waals surface area contributed by atoms with Gasteiger partial charge in [0, 0.05) is 22.8 Å². The number of rotatable bonds is 3. The predicted molar refractivity (Wildman–Crippen MR) is 87.6 cm³/mol. The number of hydrogen-bond acceptors (Lipinski definition) is 2. The van der Waals surface area contributed by atoms with Crippen molar-refractivity contribution in [1.29, 1.82) is 0 Å². The fourth-order valence-electron chi connectivity index (χ4n) is 2.00. The van der Waals surface area contributed by atoms with E-state index in [1.54, 1.807) is 0 Å². The number of nitrogens with one attached hydrogen (secondary N) is 2. The van der Waals surface area contributed by atoms with Crippen LogP contribution < -0.4 is 10.6 Å². The van der Waals surface area contributed by atoms with Gasteiger partial charge in [0.05, 0.1) is 5.69 Å². The summed E-state index contributed by atoms with van der Waals surface area (Å²) in [4.78, 5) is 12.3. The number of benzene rings is 2. The highest BCUT2D eigenvalue weighted by atomic mass is 79.9. The van der Waals surface area contributed by atoms with Gasteiger partial charge in [0.15, 0.2) is 0 Å². The molecule has 4 heteroatoms. The maximum Gasteiger partial charge on any atom is 0.255 e. The average Bonchev–Trinajstić information content (AvgIpc) is 2.41. The van der Waals surface area contributed by atoms with Crippen LogP contribution in [-0.2, 0) is 0 Å². The van der Waals surface area contributed by atoms with Gasteiger partial charge in [-0.15, -0.1) is 0 Å². The quantitative estimate of drug-likeness (QED) is 0.876. The van der Waals surface area contributed by atoms with Crippen molar-refractivity contribution in [1.82, 2.24) is 0 Å². The SMILES string of the molecule is CNc1ccc(C(=O)Nc2ccc(C)cc2Br)cc1C. The molecular weight excluding hydrogens is 316 g/mol. The van der Waals surface area contributed by atoms with Gasteiger partial charge in [0.1, 0.15) is 0 Å². The molecule has 0 heterocycles. The van der Waals surface area contributed by atoms with Crippen molar-refractivity contribution in [2.24, 2.45) is 0 Å². The van der Waals surface area contributed by atoms with Crippen molar-refractivity contribution >= 4 is 33.2 Å². The molecule has 0 bridgehead atoms. The Morgan fingerprint density at radius 2 is 1.75 bits per heavy atom. The van der Waals surface area contributed by atoms with Crippen molar-refractivity contribution in [2.75, 3.05) is 17.7 Å². The summed E-state index contributed by atoms with van der Waals surface area (Å²) in [6.45, 7) is 3.99. The second-order valence-corrected chi connectivity index (χ2v) is 5.57. The molecule has 0 aliphatic carbocycles. The van der Waals surface area contributed by atoms with Crippen LogP contribution >= 0.6 is 15.9 Å². The molecule has 2 rings (SSSR count). The van der Waals surface area contributed by atoms with E-state index in [9.17, 15) is 4.79 Å². The lowest BCUT2D eigenvalue weighted by Crippen LogP contribution is -2.12. The van der Waals surface area contributed by atoms with Crippen LogP contribution in [0.3, 0.4) is 0 Å². The predicted octanol–water partition coefficient (Wildman–Crippen LogP) is 4.36. The highest BCUT2D eigenvalue weighted by Gasteiger charge is 2.09. The summed E-state index contributed by atoms with van der Waals surface area (Å²) in [6, 6.07) is 11.4. The number of halogens is 1. The zero-order valence-electron chi connectivity index (χ0n) is 11.8. The highest BCUT2D eigenvalue weighted by Crippen LogP contribution is 2.24. The van der Waals surface area contributed by atoms with E-state index < -0.39 is 0 Å². The molecule has 0 aliphatic heterocycles. The minimum atomic E-state index is -0.111. The second kappa shape index (κ2) is 6.09. The lowest BCUT2D eigenvalue weighted by atomic mass is 10.1. The Hall–Kier alpha value is -1.81. The van der Waals surface area contributed by atoms with Crippen molar-refractivity contribution < 1.29 is 4.79 Å². The van der Waals surface area contributed by atoms with Gasteiger partial charge in [-0.05, 0) is 71.2 Å². The van der Waals surface area contributed by atoms with Gasteiger partial charge < -0.3 is 10.6 Å². The number of carbonyl (C=O) groups is 1. The van der Waals surface area contributed by atoms with Gasteiger partial charge in [0.25, 0.3) is 5.91 Å². The molecule has 0 radical (unpaired) electrons. The molecule has 0 aromatic heterocycles. The molecule has 2 aromatic carbocycles. The van der Waals surface area contributed by atoms with E-state index in [0.717, 1.165) is 27.0 Å². The zero-order valence-corrected chi connectivity index (χ0v) is 13.3. The lowest BCUT2D eigenvalue weighted by molar-refractivity contribution is 0.102. The third kappa shape index (κ3) is 3.20. The molecule has 20 heavy (non-hydrogen) atoms. The van der Waals surface area contributed by atoms with E-state index in [2.05, 4.69) is 26.6 Å². The molecule has 0 fully saturated rings. The maximum absolute atomic E-state index is 12.3. The molecule has 2 N–H and O–H groups in total. The van der Waals surface area contributed by atoms with Gasteiger partial charge >= 0.3 is 0 Å². The molecule has 1 amide bonds. The first kappa shape index (κ1) is 14.6. The molecule has 0 saturated carbocycles. The molecule has 0 saturated heterocycles. The van der Waals surface area contributed by atoms with Crippen molar-refractivity contribution in [3.8, 4) is 0 Å².